The van der Waals surface area contributed by atoms with E-state index in [1.165, 1.54) is 0 Å². The fourth-order valence-corrected chi connectivity index (χ4v) is 1.87. The van der Waals surface area contributed by atoms with Crippen LogP contribution >= 0.6 is 0 Å². The van der Waals surface area contributed by atoms with Gasteiger partial charge in [0.25, 0.3) is 0 Å². The Balaban J connectivity index is 2.25. The fraction of sp³-hybridized carbons (Fsp3) is 0.417. The third-order valence-corrected chi connectivity index (χ3v) is 2.63. The van der Waals surface area contributed by atoms with Crippen LogP contribution in [-0.2, 0) is 6.42 Å². The number of imidazole rings is 1. The lowest BCUT2D eigenvalue weighted by Crippen LogP contribution is -2.27. The van der Waals surface area contributed by atoms with Crippen molar-refractivity contribution in [2.75, 3.05) is 6.54 Å². The van der Waals surface area contributed by atoms with Gasteiger partial charge in [0.15, 0.2) is 11.6 Å². The highest BCUT2D eigenvalue weighted by atomic mass is 19.2. The van der Waals surface area contributed by atoms with E-state index in [9.17, 15) is 8.78 Å². The molecule has 0 aliphatic carbocycles. The van der Waals surface area contributed by atoms with Crippen molar-refractivity contribution in [3.8, 4) is 0 Å². The van der Waals surface area contributed by atoms with Gasteiger partial charge in [-0.3, -0.25) is 0 Å². The Morgan fingerprint density at radius 3 is 2.76 bits per heavy atom. The molecular weight excluding hydrogens is 224 g/mol. The smallest absolute Gasteiger partial charge is 0.161 e. The molecule has 5 heteroatoms. The largest absolute Gasteiger partial charge is 0.342 e. The van der Waals surface area contributed by atoms with E-state index in [4.69, 9.17) is 0 Å². The van der Waals surface area contributed by atoms with Gasteiger partial charge < -0.3 is 10.3 Å². The van der Waals surface area contributed by atoms with E-state index < -0.39 is 11.6 Å². The van der Waals surface area contributed by atoms with Gasteiger partial charge in [-0.1, -0.05) is 6.92 Å². The molecule has 0 saturated heterocycles. The molecule has 92 valence electrons. The Bertz CT molecular complexity index is 483. The second kappa shape index (κ2) is 4.79. The summed E-state index contributed by atoms with van der Waals surface area (Å²) in [6.07, 6.45) is 0.700. The van der Waals surface area contributed by atoms with Crippen LogP contribution in [-0.4, -0.2) is 22.6 Å². The highest BCUT2D eigenvalue weighted by Gasteiger charge is 2.10. The molecule has 0 aliphatic rings. The van der Waals surface area contributed by atoms with Crippen LogP contribution in [0.1, 0.15) is 19.7 Å². The lowest BCUT2D eigenvalue weighted by molar-refractivity contribution is 0.510. The Labute approximate surface area is 98.2 Å². The molecule has 1 heterocycles. The predicted molar refractivity (Wildman–Crippen MR) is 62.9 cm³/mol. The summed E-state index contributed by atoms with van der Waals surface area (Å²) in [4.78, 5) is 7.23. The molecule has 3 nitrogen and oxygen atoms in total. The summed E-state index contributed by atoms with van der Waals surface area (Å²) < 4.78 is 26.0. The molecule has 1 aromatic carbocycles. The summed E-state index contributed by atoms with van der Waals surface area (Å²) >= 11 is 0. The zero-order valence-corrected chi connectivity index (χ0v) is 9.85. The van der Waals surface area contributed by atoms with Gasteiger partial charge in [-0.25, -0.2) is 13.8 Å². The maximum absolute atomic E-state index is 13.0. The lowest BCUT2D eigenvalue weighted by atomic mass is 10.2. The van der Waals surface area contributed by atoms with Gasteiger partial charge in [0.1, 0.15) is 5.82 Å². The van der Waals surface area contributed by atoms with E-state index in [0.717, 1.165) is 24.5 Å². The van der Waals surface area contributed by atoms with Crippen LogP contribution < -0.4 is 5.32 Å². The molecular formula is C12H15F2N3. The number of halogens is 2. The Morgan fingerprint density at radius 2 is 2.06 bits per heavy atom. The molecule has 0 aliphatic heterocycles. The zero-order chi connectivity index (χ0) is 12.4. The summed E-state index contributed by atoms with van der Waals surface area (Å²) in [5.74, 6) is -0.985. The Kier molecular flexibility index (Phi) is 3.38. The van der Waals surface area contributed by atoms with Crippen molar-refractivity contribution in [2.45, 2.75) is 26.3 Å². The van der Waals surface area contributed by atoms with Crippen LogP contribution in [0.2, 0.25) is 0 Å². The number of hydrogen-bond donors (Lipinski definition) is 2. The monoisotopic (exact) mass is 239 g/mol. The van der Waals surface area contributed by atoms with Gasteiger partial charge in [0, 0.05) is 24.6 Å². The van der Waals surface area contributed by atoms with Gasteiger partial charge in [-0.05, 0) is 13.5 Å². The Hall–Kier alpha value is -1.49. The van der Waals surface area contributed by atoms with Gasteiger partial charge in [-0.15, -0.1) is 0 Å². The first-order valence-corrected chi connectivity index (χ1v) is 5.67. The maximum atomic E-state index is 13.0. The predicted octanol–water partition coefficient (Wildman–Crippen LogP) is 2.38. The highest BCUT2D eigenvalue weighted by Crippen LogP contribution is 2.16. The SMILES string of the molecule is CCNC(C)Cc1nc2cc(F)c(F)cc2[nH]1. The molecule has 0 spiro atoms. The van der Waals surface area contributed by atoms with Gasteiger partial charge >= 0.3 is 0 Å². The normalized spacial score (nSPS) is 13.2. The first kappa shape index (κ1) is 12.0. The molecule has 2 rings (SSSR count). The average molecular weight is 239 g/mol. The topological polar surface area (TPSA) is 40.7 Å². The van der Waals surface area contributed by atoms with E-state index in [1.54, 1.807) is 0 Å². The van der Waals surface area contributed by atoms with E-state index in [2.05, 4.69) is 15.3 Å². The van der Waals surface area contributed by atoms with Crippen LogP contribution in [0.15, 0.2) is 12.1 Å². The quantitative estimate of drug-likeness (QED) is 0.860. The molecule has 2 aromatic rings. The number of fused-ring (bicyclic) bond motifs is 1. The summed E-state index contributed by atoms with van der Waals surface area (Å²) in [6.45, 7) is 4.95. The van der Waals surface area contributed by atoms with Crippen molar-refractivity contribution in [1.82, 2.24) is 15.3 Å². The fourth-order valence-electron chi connectivity index (χ4n) is 1.87. The van der Waals surface area contributed by atoms with Gasteiger partial charge in [0.05, 0.1) is 11.0 Å². The number of rotatable bonds is 4. The number of likely N-dealkylation sites (N-methyl/N-ethyl adjacent to an activating group) is 1. The first-order valence-electron chi connectivity index (χ1n) is 5.67. The summed E-state index contributed by atoms with van der Waals surface area (Å²) in [5.41, 5.74) is 0.991. The molecule has 0 amide bonds. The van der Waals surface area contributed by atoms with Crippen LogP contribution in [0.25, 0.3) is 11.0 Å². The van der Waals surface area contributed by atoms with Crippen LogP contribution in [0, 0.1) is 11.6 Å². The van der Waals surface area contributed by atoms with Gasteiger partial charge in [0.2, 0.25) is 0 Å². The second-order valence-electron chi connectivity index (χ2n) is 4.13. The molecule has 17 heavy (non-hydrogen) atoms. The minimum absolute atomic E-state index is 0.273. The van der Waals surface area contributed by atoms with Crippen molar-refractivity contribution < 1.29 is 8.78 Å². The number of H-pyrrole nitrogens is 1. The van der Waals surface area contributed by atoms with Crippen molar-refractivity contribution >= 4 is 11.0 Å². The molecule has 0 fully saturated rings. The molecule has 0 bridgehead atoms. The summed E-state index contributed by atoms with van der Waals surface area (Å²) in [5, 5.41) is 3.25. The van der Waals surface area contributed by atoms with E-state index >= 15 is 0 Å². The molecule has 2 N–H and O–H groups in total. The molecule has 0 radical (unpaired) electrons. The third-order valence-electron chi connectivity index (χ3n) is 2.63. The number of aromatic nitrogens is 2. The number of benzene rings is 1. The summed E-state index contributed by atoms with van der Waals surface area (Å²) in [6, 6.07) is 2.53. The second-order valence-corrected chi connectivity index (χ2v) is 4.13. The number of nitrogens with zero attached hydrogens (tertiary/aromatic N) is 1. The molecule has 1 unspecified atom stereocenters. The minimum Gasteiger partial charge on any atom is -0.342 e. The van der Waals surface area contributed by atoms with E-state index in [0.29, 0.717) is 17.5 Å². The molecule has 1 atom stereocenters. The molecule has 1 aromatic heterocycles. The first-order chi connectivity index (χ1) is 8.10. The van der Waals surface area contributed by atoms with Crippen molar-refractivity contribution in [1.29, 1.82) is 0 Å². The standard InChI is InChI=1S/C12H15F2N3/c1-3-15-7(2)4-12-16-10-5-8(13)9(14)6-11(10)17-12/h5-7,15H,3-4H2,1-2H3,(H,16,17). The Morgan fingerprint density at radius 1 is 1.35 bits per heavy atom. The summed E-state index contributed by atoms with van der Waals surface area (Å²) in [7, 11) is 0. The van der Waals surface area contributed by atoms with Crippen molar-refractivity contribution in [3.05, 3.63) is 29.6 Å². The van der Waals surface area contributed by atoms with Crippen LogP contribution in [0.3, 0.4) is 0 Å². The van der Waals surface area contributed by atoms with Crippen molar-refractivity contribution in [3.63, 3.8) is 0 Å². The minimum atomic E-state index is -0.865. The number of aromatic amines is 1. The van der Waals surface area contributed by atoms with Crippen LogP contribution in [0.5, 0.6) is 0 Å². The average Bonchev–Trinajstić information content (AvgIpc) is 2.60. The highest BCUT2D eigenvalue weighted by molar-refractivity contribution is 5.75. The van der Waals surface area contributed by atoms with Gasteiger partial charge in [-0.2, -0.15) is 0 Å². The van der Waals surface area contributed by atoms with E-state index in [1.807, 2.05) is 13.8 Å². The number of hydrogen-bond acceptors (Lipinski definition) is 2. The molecule has 0 saturated carbocycles. The maximum Gasteiger partial charge on any atom is 0.161 e. The van der Waals surface area contributed by atoms with E-state index in [-0.39, 0.29) is 6.04 Å². The number of nitrogens with one attached hydrogen (secondary N) is 2. The lowest BCUT2D eigenvalue weighted by Gasteiger charge is -2.09. The van der Waals surface area contributed by atoms with Crippen LogP contribution in [0.4, 0.5) is 8.78 Å². The zero-order valence-electron chi connectivity index (χ0n) is 9.85. The third kappa shape index (κ3) is 2.61. The van der Waals surface area contributed by atoms with Crippen molar-refractivity contribution in [2.24, 2.45) is 0 Å².